The third-order valence-corrected chi connectivity index (χ3v) is 1.69. The summed E-state index contributed by atoms with van der Waals surface area (Å²) in [6.45, 7) is 9.89. The summed E-state index contributed by atoms with van der Waals surface area (Å²) in [5.41, 5.74) is -1.27. The molecule has 0 atom stereocenters. The Morgan fingerprint density at radius 1 is 0.824 bits per heavy atom. The van der Waals surface area contributed by atoms with Crippen LogP contribution in [0.25, 0.3) is 0 Å². The molecule has 0 radical (unpaired) electrons. The zero-order valence-electron chi connectivity index (χ0n) is 10.3. The van der Waals surface area contributed by atoms with Gasteiger partial charge in [-0.05, 0) is 27.7 Å². The third-order valence-electron chi connectivity index (χ3n) is 1.69. The average Bonchev–Trinajstić information content (AvgIpc) is 1.73. The van der Waals surface area contributed by atoms with Gasteiger partial charge >= 0.3 is 11.9 Å². The van der Waals surface area contributed by atoms with Crippen molar-refractivity contribution in [2.75, 3.05) is 0 Å². The molecule has 0 N–H and O–H groups in total. The Morgan fingerprint density at radius 2 is 1.06 bits per heavy atom. The van der Waals surface area contributed by atoms with Crippen LogP contribution in [0.3, 0.4) is 0 Å². The van der Waals surface area contributed by atoms with Crippen LogP contribution in [0.15, 0.2) is 0 Å². The van der Waals surface area contributed by atoms with E-state index in [1.54, 1.807) is 27.7 Å². The van der Waals surface area contributed by atoms with E-state index in [2.05, 4.69) is 0 Å². The highest BCUT2D eigenvalue weighted by atomic mass is 16.6. The molecule has 0 bridgehead atoms. The fourth-order valence-electron chi connectivity index (χ4n) is 1.88. The standard InChI is InChI=1S/C11H20O4.2CH4/c1-8(12)14-10(3,4)7-11(5,6)15-9(2)13;;/h7H2,1-6H3;2*1H4. The molecule has 0 aliphatic heterocycles. The second-order valence-corrected chi connectivity index (χ2v) is 4.88. The second-order valence-electron chi connectivity index (χ2n) is 4.88. The predicted molar refractivity (Wildman–Crippen MR) is 69.8 cm³/mol. The minimum atomic E-state index is -0.634. The molecule has 0 aromatic rings. The van der Waals surface area contributed by atoms with E-state index in [-0.39, 0.29) is 26.8 Å². The van der Waals surface area contributed by atoms with E-state index < -0.39 is 11.2 Å². The molecule has 4 heteroatoms. The van der Waals surface area contributed by atoms with Crippen LogP contribution in [0.5, 0.6) is 0 Å². The zero-order valence-corrected chi connectivity index (χ0v) is 10.3. The van der Waals surface area contributed by atoms with Crippen molar-refractivity contribution in [2.24, 2.45) is 0 Å². The first-order chi connectivity index (χ1) is 6.54. The van der Waals surface area contributed by atoms with Gasteiger partial charge < -0.3 is 9.47 Å². The van der Waals surface area contributed by atoms with E-state index in [1.807, 2.05) is 0 Å². The Labute approximate surface area is 106 Å². The number of carbonyl (C=O) groups excluding carboxylic acids is 2. The van der Waals surface area contributed by atoms with Gasteiger partial charge in [0.2, 0.25) is 0 Å². The van der Waals surface area contributed by atoms with E-state index in [9.17, 15) is 9.59 Å². The maximum Gasteiger partial charge on any atom is 0.303 e. The summed E-state index contributed by atoms with van der Waals surface area (Å²) in [5.74, 6) is -0.669. The number of carbonyl (C=O) groups is 2. The average molecular weight is 248 g/mol. The molecule has 0 saturated heterocycles. The molecule has 0 aromatic heterocycles. The van der Waals surface area contributed by atoms with Gasteiger partial charge in [0, 0.05) is 20.3 Å². The van der Waals surface area contributed by atoms with Gasteiger partial charge in [0.05, 0.1) is 0 Å². The quantitative estimate of drug-likeness (QED) is 0.716. The summed E-state index contributed by atoms with van der Waals surface area (Å²) in [6.07, 6.45) is 0.458. The molecule has 0 saturated carbocycles. The first-order valence-corrected chi connectivity index (χ1v) is 4.93. The fourth-order valence-corrected chi connectivity index (χ4v) is 1.88. The maximum absolute atomic E-state index is 10.8. The Morgan fingerprint density at radius 3 is 1.24 bits per heavy atom. The smallest absolute Gasteiger partial charge is 0.303 e. The summed E-state index contributed by atoms with van der Waals surface area (Å²) >= 11 is 0. The highest BCUT2D eigenvalue weighted by Gasteiger charge is 2.33. The van der Waals surface area contributed by atoms with Gasteiger partial charge in [-0.15, -0.1) is 0 Å². The lowest BCUT2D eigenvalue weighted by Crippen LogP contribution is -2.39. The maximum atomic E-state index is 10.8. The van der Waals surface area contributed by atoms with Crippen LogP contribution in [0, 0.1) is 0 Å². The van der Waals surface area contributed by atoms with Crippen molar-refractivity contribution in [1.29, 1.82) is 0 Å². The summed E-state index contributed by atoms with van der Waals surface area (Å²) in [6, 6.07) is 0. The summed E-state index contributed by atoms with van der Waals surface area (Å²) < 4.78 is 10.2. The van der Waals surface area contributed by atoms with Crippen LogP contribution in [0.2, 0.25) is 0 Å². The largest absolute Gasteiger partial charge is 0.460 e. The third kappa shape index (κ3) is 11.2. The molecule has 0 aliphatic carbocycles. The van der Waals surface area contributed by atoms with Gasteiger partial charge in [-0.25, -0.2) is 0 Å². The first-order valence-electron chi connectivity index (χ1n) is 4.93. The summed E-state index contributed by atoms with van der Waals surface area (Å²) in [5, 5.41) is 0. The Kier molecular flexibility index (Phi) is 9.13. The molecule has 0 rings (SSSR count). The normalized spacial score (nSPS) is 10.7. The molecule has 17 heavy (non-hydrogen) atoms. The van der Waals surface area contributed by atoms with E-state index in [0.29, 0.717) is 6.42 Å². The molecular weight excluding hydrogens is 220 g/mol. The van der Waals surface area contributed by atoms with Gasteiger partial charge in [0.1, 0.15) is 11.2 Å². The Balaban J connectivity index is -0.000000980. The molecule has 0 spiro atoms. The van der Waals surface area contributed by atoms with Gasteiger partial charge in [-0.3, -0.25) is 9.59 Å². The van der Waals surface area contributed by atoms with E-state index in [4.69, 9.17) is 9.47 Å². The lowest BCUT2D eigenvalue weighted by Gasteiger charge is -2.33. The molecule has 0 fully saturated rings. The molecular formula is C13H28O4. The number of hydrogen-bond acceptors (Lipinski definition) is 4. The Hall–Kier alpha value is -1.06. The van der Waals surface area contributed by atoms with Crippen LogP contribution in [0.4, 0.5) is 0 Å². The summed E-state index contributed by atoms with van der Waals surface area (Å²) in [4.78, 5) is 21.7. The zero-order chi connectivity index (χ0) is 12.3. The number of rotatable bonds is 4. The van der Waals surface area contributed by atoms with Crippen LogP contribution in [0.1, 0.15) is 62.8 Å². The fraction of sp³-hybridized carbons (Fsp3) is 0.846. The molecule has 0 unspecified atom stereocenters. The van der Waals surface area contributed by atoms with E-state index >= 15 is 0 Å². The van der Waals surface area contributed by atoms with Crippen LogP contribution < -0.4 is 0 Å². The topological polar surface area (TPSA) is 52.6 Å². The molecule has 0 amide bonds. The van der Waals surface area contributed by atoms with Crippen LogP contribution in [-0.2, 0) is 19.1 Å². The van der Waals surface area contributed by atoms with Gasteiger partial charge in [0.25, 0.3) is 0 Å². The number of esters is 2. The molecule has 104 valence electrons. The monoisotopic (exact) mass is 248 g/mol. The molecule has 4 nitrogen and oxygen atoms in total. The van der Waals surface area contributed by atoms with E-state index in [1.165, 1.54) is 13.8 Å². The van der Waals surface area contributed by atoms with Crippen LogP contribution in [-0.4, -0.2) is 23.1 Å². The van der Waals surface area contributed by atoms with Crippen molar-refractivity contribution in [2.45, 2.75) is 74.0 Å². The van der Waals surface area contributed by atoms with Crippen molar-refractivity contribution in [1.82, 2.24) is 0 Å². The van der Waals surface area contributed by atoms with Gasteiger partial charge in [-0.2, -0.15) is 0 Å². The van der Waals surface area contributed by atoms with Crippen molar-refractivity contribution in [3.05, 3.63) is 0 Å². The number of ether oxygens (including phenoxy) is 2. The Bertz CT molecular complexity index is 228. The van der Waals surface area contributed by atoms with Gasteiger partial charge in [-0.1, -0.05) is 14.9 Å². The first kappa shape index (κ1) is 21.2. The van der Waals surface area contributed by atoms with Crippen molar-refractivity contribution in [3.8, 4) is 0 Å². The van der Waals surface area contributed by atoms with Crippen molar-refractivity contribution in [3.63, 3.8) is 0 Å². The minimum absolute atomic E-state index is 0. The summed E-state index contributed by atoms with van der Waals surface area (Å²) in [7, 11) is 0. The highest BCUT2D eigenvalue weighted by Crippen LogP contribution is 2.26. The highest BCUT2D eigenvalue weighted by molar-refractivity contribution is 5.67. The van der Waals surface area contributed by atoms with Gasteiger partial charge in [0.15, 0.2) is 0 Å². The lowest BCUT2D eigenvalue weighted by atomic mass is 9.92. The lowest BCUT2D eigenvalue weighted by molar-refractivity contribution is -0.167. The molecule has 0 aliphatic rings. The SMILES string of the molecule is C.C.CC(=O)OC(C)(C)CC(C)(C)OC(C)=O. The van der Waals surface area contributed by atoms with Crippen molar-refractivity contribution < 1.29 is 19.1 Å². The second kappa shape index (κ2) is 7.30. The number of hydrogen-bond donors (Lipinski definition) is 0. The minimum Gasteiger partial charge on any atom is -0.460 e. The van der Waals surface area contributed by atoms with Crippen LogP contribution >= 0.6 is 0 Å². The van der Waals surface area contributed by atoms with Crippen molar-refractivity contribution >= 4 is 11.9 Å². The van der Waals surface area contributed by atoms with E-state index in [0.717, 1.165) is 0 Å². The molecule has 0 heterocycles. The predicted octanol–water partition coefficient (Wildman–Crippen LogP) is 3.33. The molecule has 0 aromatic carbocycles.